The Morgan fingerprint density at radius 2 is 1.71 bits per heavy atom. The van der Waals surface area contributed by atoms with Gasteiger partial charge in [0.05, 0.1) is 13.2 Å². The minimum atomic E-state index is 0.144. The van der Waals surface area contributed by atoms with E-state index in [2.05, 4.69) is 11.9 Å². The summed E-state index contributed by atoms with van der Waals surface area (Å²) in [6.07, 6.45) is 1.84. The van der Waals surface area contributed by atoms with Crippen LogP contribution in [0.3, 0.4) is 0 Å². The summed E-state index contributed by atoms with van der Waals surface area (Å²) in [5.74, 6) is 0.440. The number of carbonyl (C=O) groups is 1. The summed E-state index contributed by atoms with van der Waals surface area (Å²) in [6.45, 7) is 1.52. The van der Waals surface area contributed by atoms with Crippen molar-refractivity contribution in [2.24, 2.45) is 5.92 Å². The van der Waals surface area contributed by atoms with Gasteiger partial charge in [-0.2, -0.15) is 0 Å². The van der Waals surface area contributed by atoms with E-state index >= 15 is 0 Å². The zero-order valence-electron chi connectivity index (χ0n) is 13.1. The van der Waals surface area contributed by atoms with Crippen molar-refractivity contribution in [2.75, 3.05) is 39.3 Å². The van der Waals surface area contributed by atoms with Gasteiger partial charge in [-0.3, -0.25) is 9.69 Å². The quantitative estimate of drug-likeness (QED) is 0.797. The number of ketones is 1. The normalized spacial score (nSPS) is 29.2. The highest BCUT2D eigenvalue weighted by atomic mass is 16.5. The van der Waals surface area contributed by atoms with Gasteiger partial charge in [0.15, 0.2) is 5.78 Å². The lowest BCUT2D eigenvalue weighted by Gasteiger charge is -2.46. The Labute approximate surface area is 126 Å². The minimum absolute atomic E-state index is 0.144. The number of anilines is 1. The summed E-state index contributed by atoms with van der Waals surface area (Å²) in [5, 5.41) is 0. The average Bonchev–Trinajstić information content (AvgIpc) is 2.46. The molecule has 1 aromatic carbocycles. The van der Waals surface area contributed by atoms with Gasteiger partial charge >= 0.3 is 0 Å². The molecule has 0 amide bonds. The number of piperidine rings is 1. The second-order valence-corrected chi connectivity index (χ2v) is 6.48. The van der Waals surface area contributed by atoms with Crippen LogP contribution in [0.5, 0.6) is 0 Å². The molecule has 2 atom stereocenters. The zero-order valence-corrected chi connectivity index (χ0v) is 13.1. The van der Waals surface area contributed by atoms with Crippen molar-refractivity contribution in [1.29, 1.82) is 0 Å². The van der Waals surface area contributed by atoms with E-state index in [0.717, 1.165) is 37.3 Å². The van der Waals surface area contributed by atoms with E-state index in [1.54, 1.807) is 0 Å². The molecule has 0 aromatic heterocycles. The van der Waals surface area contributed by atoms with E-state index in [4.69, 9.17) is 4.74 Å². The summed E-state index contributed by atoms with van der Waals surface area (Å²) in [4.78, 5) is 17.2. The van der Waals surface area contributed by atoms with Gasteiger partial charge in [0, 0.05) is 43.3 Å². The molecular weight excluding hydrogens is 264 g/mol. The third kappa shape index (κ3) is 2.83. The van der Waals surface area contributed by atoms with E-state index in [0.29, 0.717) is 17.9 Å². The van der Waals surface area contributed by atoms with Crippen LogP contribution in [0.15, 0.2) is 24.3 Å². The van der Waals surface area contributed by atoms with Crippen molar-refractivity contribution in [2.45, 2.75) is 24.9 Å². The van der Waals surface area contributed by atoms with E-state index in [1.165, 1.54) is 0 Å². The molecule has 0 N–H and O–H groups in total. The van der Waals surface area contributed by atoms with Gasteiger partial charge in [-0.1, -0.05) is 0 Å². The number of carbonyl (C=O) groups excluding carboxylic acids is 1. The molecule has 4 heteroatoms. The largest absolute Gasteiger partial charge is 0.378 e. The molecule has 2 aliphatic heterocycles. The summed E-state index contributed by atoms with van der Waals surface area (Å²) in [5.41, 5.74) is 1.97. The predicted molar refractivity (Wildman–Crippen MR) is 84.0 cm³/mol. The molecule has 1 aromatic rings. The number of Topliss-reactive ketones (excluding diaryl/α,β-unsaturated/α-hetero) is 1. The molecule has 2 saturated heterocycles. The van der Waals surface area contributed by atoms with Crippen LogP contribution in [-0.4, -0.2) is 57.1 Å². The van der Waals surface area contributed by atoms with Crippen LogP contribution in [0, 0.1) is 5.92 Å². The van der Waals surface area contributed by atoms with Crippen molar-refractivity contribution >= 4 is 11.5 Å². The van der Waals surface area contributed by atoms with E-state index in [1.807, 2.05) is 43.3 Å². The molecule has 2 bridgehead atoms. The smallest absolute Gasteiger partial charge is 0.166 e. The van der Waals surface area contributed by atoms with Gasteiger partial charge in [-0.05, 0) is 44.2 Å². The molecule has 0 radical (unpaired) electrons. The minimum Gasteiger partial charge on any atom is -0.378 e. The molecule has 21 heavy (non-hydrogen) atoms. The van der Waals surface area contributed by atoms with Crippen molar-refractivity contribution in [1.82, 2.24) is 4.90 Å². The Morgan fingerprint density at radius 1 is 1.14 bits per heavy atom. The van der Waals surface area contributed by atoms with Crippen molar-refractivity contribution in [3.63, 3.8) is 0 Å². The van der Waals surface area contributed by atoms with E-state index in [-0.39, 0.29) is 5.92 Å². The number of hydrogen-bond acceptors (Lipinski definition) is 4. The highest BCUT2D eigenvalue weighted by molar-refractivity contribution is 5.98. The highest BCUT2D eigenvalue weighted by Gasteiger charge is 2.39. The third-order valence-corrected chi connectivity index (χ3v) is 4.92. The monoisotopic (exact) mass is 288 g/mol. The van der Waals surface area contributed by atoms with Crippen molar-refractivity contribution in [3.05, 3.63) is 29.8 Å². The molecule has 2 aliphatic rings. The highest BCUT2D eigenvalue weighted by Crippen LogP contribution is 2.32. The number of ether oxygens (including phenoxy) is 1. The number of likely N-dealkylation sites (N-methyl/N-ethyl adjacent to an activating group) is 1. The summed E-state index contributed by atoms with van der Waals surface area (Å²) in [7, 11) is 6.18. The lowest BCUT2D eigenvalue weighted by Crippen LogP contribution is -2.55. The van der Waals surface area contributed by atoms with Crippen molar-refractivity contribution < 1.29 is 9.53 Å². The summed E-state index contributed by atoms with van der Waals surface area (Å²) < 4.78 is 5.62. The van der Waals surface area contributed by atoms with E-state index in [9.17, 15) is 4.79 Å². The Kier molecular flexibility index (Phi) is 4.00. The van der Waals surface area contributed by atoms with Gasteiger partial charge < -0.3 is 9.64 Å². The number of nitrogens with zero attached hydrogens (tertiary/aromatic N) is 2. The molecule has 114 valence electrons. The number of hydrogen-bond donors (Lipinski definition) is 0. The average molecular weight is 288 g/mol. The fourth-order valence-corrected chi connectivity index (χ4v) is 3.47. The Bertz CT molecular complexity index is 498. The molecular formula is C17H24N2O2. The predicted octanol–water partition coefficient (Wildman–Crippen LogP) is 2.04. The fourth-order valence-electron chi connectivity index (χ4n) is 3.47. The van der Waals surface area contributed by atoms with Crippen LogP contribution in [0.25, 0.3) is 0 Å². The lowest BCUT2D eigenvalue weighted by atomic mass is 9.81. The third-order valence-electron chi connectivity index (χ3n) is 4.92. The van der Waals surface area contributed by atoms with E-state index < -0.39 is 0 Å². The second-order valence-electron chi connectivity index (χ2n) is 6.48. The summed E-state index contributed by atoms with van der Waals surface area (Å²) in [6, 6.07) is 8.75. The van der Waals surface area contributed by atoms with Crippen LogP contribution in [0.4, 0.5) is 5.69 Å². The SMILES string of the molecule is CN(C)c1ccc(C(=O)C2CC3COCC(C2)N3C)cc1. The van der Waals surface area contributed by atoms with Crippen LogP contribution < -0.4 is 4.90 Å². The Morgan fingerprint density at radius 3 is 2.24 bits per heavy atom. The standard InChI is InChI=1S/C17H24N2O2/c1-18(2)14-6-4-12(5-7-14)17(20)13-8-15-10-21-11-16(9-13)19(15)3/h4-7,13,15-16H,8-11H2,1-3H3. The topological polar surface area (TPSA) is 32.8 Å². The first-order valence-corrected chi connectivity index (χ1v) is 7.67. The van der Waals surface area contributed by atoms with Gasteiger partial charge in [0.2, 0.25) is 0 Å². The number of fused-ring (bicyclic) bond motifs is 2. The van der Waals surface area contributed by atoms with Gasteiger partial charge in [0.1, 0.15) is 0 Å². The maximum absolute atomic E-state index is 12.7. The molecule has 0 saturated carbocycles. The molecule has 0 aliphatic carbocycles. The van der Waals surface area contributed by atoms with Crippen molar-refractivity contribution in [3.8, 4) is 0 Å². The van der Waals surface area contributed by atoms with Gasteiger partial charge in [-0.25, -0.2) is 0 Å². The molecule has 2 fully saturated rings. The van der Waals surface area contributed by atoms with Gasteiger partial charge in [-0.15, -0.1) is 0 Å². The molecule has 4 nitrogen and oxygen atoms in total. The zero-order chi connectivity index (χ0) is 15.0. The molecule has 3 rings (SSSR count). The fraction of sp³-hybridized carbons (Fsp3) is 0.588. The maximum Gasteiger partial charge on any atom is 0.166 e. The van der Waals surface area contributed by atoms with Crippen LogP contribution in [0.2, 0.25) is 0 Å². The lowest BCUT2D eigenvalue weighted by molar-refractivity contribution is -0.0702. The summed E-state index contributed by atoms with van der Waals surface area (Å²) >= 11 is 0. The second kappa shape index (κ2) is 5.78. The Balaban J connectivity index is 1.73. The molecule has 2 heterocycles. The first-order valence-electron chi connectivity index (χ1n) is 7.67. The first kappa shape index (κ1) is 14.5. The van der Waals surface area contributed by atoms with Crippen LogP contribution >= 0.6 is 0 Å². The van der Waals surface area contributed by atoms with Crippen LogP contribution in [0.1, 0.15) is 23.2 Å². The number of morpholine rings is 1. The Hall–Kier alpha value is -1.39. The molecule has 0 spiro atoms. The molecule has 2 unspecified atom stereocenters. The number of rotatable bonds is 3. The maximum atomic E-state index is 12.7. The first-order chi connectivity index (χ1) is 10.1. The van der Waals surface area contributed by atoms with Crippen LogP contribution in [-0.2, 0) is 4.74 Å². The van der Waals surface area contributed by atoms with Gasteiger partial charge in [0.25, 0.3) is 0 Å². The number of benzene rings is 1.